The van der Waals surface area contributed by atoms with Gasteiger partial charge in [0.2, 0.25) is 5.91 Å². The summed E-state index contributed by atoms with van der Waals surface area (Å²) in [6.07, 6.45) is 4.27. The Bertz CT molecular complexity index is 387. The predicted molar refractivity (Wildman–Crippen MR) is 79.7 cm³/mol. The lowest BCUT2D eigenvalue weighted by Gasteiger charge is -2.47. The third kappa shape index (κ3) is 2.84. The summed E-state index contributed by atoms with van der Waals surface area (Å²) < 4.78 is 5.22. The smallest absolute Gasteiger partial charge is 0.225 e. The van der Waals surface area contributed by atoms with Crippen molar-refractivity contribution in [3.63, 3.8) is 0 Å². The van der Waals surface area contributed by atoms with Gasteiger partial charge in [0.25, 0.3) is 0 Å². The molecule has 3 fully saturated rings. The van der Waals surface area contributed by atoms with Crippen molar-refractivity contribution in [3.05, 3.63) is 0 Å². The molecule has 0 aromatic heterocycles. The minimum absolute atomic E-state index is 0.0725. The maximum absolute atomic E-state index is 12.7. The Labute approximate surface area is 126 Å². The van der Waals surface area contributed by atoms with E-state index >= 15 is 0 Å². The minimum Gasteiger partial charge on any atom is -0.407 e. The van der Waals surface area contributed by atoms with Crippen LogP contribution in [0.15, 0.2) is 0 Å². The van der Waals surface area contributed by atoms with Gasteiger partial charge in [-0.3, -0.25) is 4.79 Å². The number of likely N-dealkylation sites (tertiary alicyclic amines) is 1. The van der Waals surface area contributed by atoms with Crippen LogP contribution in [0.2, 0.25) is 0 Å². The molecule has 3 aliphatic rings. The number of hydrogen-bond donors (Lipinski definition) is 0. The quantitative estimate of drug-likeness (QED) is 0.605. The third-order valence-corrected chi connectivity index (χ3v) is 4.90. The van der Waals surface area contributed by atoms with Crippen LogP contribution in [-0.2, 0) is 9.53 Å². The zero-order chi connectivity index (χ0) is 14.5. The first kappa shape index (κ1) is 14.6. The fraction of sp³-hybridized carbons (Fsp3) is 0.923. The Kier molecular flexibility index (Phi) is 3.55. The van der Waals surface area contributed by atoms with Crippen LogP contribution in [0.4, 0.5) is 0 Å². The molecule has 1 amide bonds. The lowest BCUT2D eigenvalue weighted by molar-refractivity contribution is -0.141. The van der Waals surface area contributed by atoms with Crippen molar-refractivity contribution in [3.8, 4) is 0 Å². The first-order valence-corrected chi connectivity index (χ1v) is 7.40. The molecule has 2 heterocycles. The Hall–Kier alpha value is -0.310. The molecule has 2 saturated heterocycles. The highest BCUT2D eigenvalue weighted by Crippen LogP contribution is 2.40. The largest absolute Gasteiger partial charge is 0.407 e. The number of carbonyl (C=O) groups is 1. The fourth-order valence-corrected chi connectivity index (χ4v) is 4.13. The monoisotopic (exact) mass is 263 g/mol. The van der Waals surface area contributed by atoms with Crippen molar-refractivity contribution in [1.29, 1.82) is 0 Å². The summed E-state index contributed by atoms with van der Waals surface area (Å²) in [7, 11) is 23.2. The summed E-state index contributed by atoms with van der Waals surface area (Å²) in [5.41, 5.74) is 0. The highest BCUT2D eigenvalue weighted by Gasteiger charge is 2.44. The number of rotatable bonds is 1. The molecule has 3 rings (SSSR count). The molecule has 8 radical (unpaired) electrons. The Morgan fingerprint density at radius 3 is 2.00 bits per heavy atom. The van der Waals surface area contributed by atoms with E-state index in [1.54, 1.807) is 0 Å². The van der Waals surface area contributed by atoms with Gasteiger partial charge in [-0.2, -0.15) is 0 Å². The molecule has 2 aliphatic heterocycles. The molecule has 0 N–H and O–H groups in total. The second-order valence-electron chi connectivity index (χ2n) is 6.81. The summed E-state index contributed by atoms with van der Waals surface area (Å²) >= 11 is 0. The van der Waals surface area contributed by atoms with Crippen LogP contribution in [0.5, 0.6) is 0 Å². The van der Waals surface area contributed by atoms with Crippen LogP contribution >= 0.6 is 0 Å². The molecule has 0 bridgehead atoms. The van der Waals surface area contributed by atoms with Gasteiger partial charge in [-0.1, -0.05) is 6.42 Å². The van der Waals surface area contributed by atoms with Gasteiger partial charge in [0, 0.05) is 19.0 Å². The number of nitrogens with zero attached hydrogens (tertiary/aromatic N) is 1. The van der Waals surface area contributed by atoms with Crippen LogP contribution in [0.1, 0.15) is 32.1 Å². The molecule has 2 unspecified atom stereocenters. The Morgan fingerprint density at radius 2 is 1.50 bits per heavy atom. The zero-order valence-electron chi connectivity index (χ0n) is 11.8. The molecule has 0 spiro atoms. The maximum atomic E-state index is 12.7. The number of carbonyl (C=O) groups excluding carboxylic acids is 1. The van der Waals surface area contributed by atoms with Crippen LogP contribution in [0.3, 0.4) is 0 Å². The summed E-state index contributed by atoms with van der Waals surface area (Å²) in [4.78, 5) is 14.6. The molecule has 20 heavy (non-hydrogen) atoms. The van der Waals surface area contributed by atoms with Crippen molar-refractivity contribution in [2.45, 2.75) is 42.9 Å². The maximum Gasteiger partial charge on any atom is 0.225 e. The van der Waals surface area contributed by atoms with Gasteiger partial charge in [0.05, 0.1) is 31.4 Å². The molecule has 0 aromatic rings. The second-order valence-corrected chi connectivity index (χ2v) is 6.81. The van der Waals surface area contributed by atoms with Gasteiger partial charge in [-0.05, 0) is 48.3 Å². The van der Waals surface area contributed by atoms with E-state index in [1.807, 2.05) is 4.90 Å². The highest BCUT2D eigenvalue weighted by molar-refractivity contribution is 6.42. The second kappa shape index (κ2) is 4.86. The summed E-state index contributed by atoms with van der Waals surface area (Å²) in [5.74, 6) is 1.05. The molecule has 1 aliphatic carbocycles. The van der Waals surface area contributed by atoms with Crippen molar-refractivity contribution in [2.24, 2.45) is 17.8 Å². The Balaban J connectivity index is 1.68. The van der Waals surface area contributed by atoms with Crippen molar-refractivity contribution < 1.29 is 9.53 Å². The van der Waals surface area contributed by atoms with Crippen molar-refractivity contribution >= 4 is 37.3 Å². The lowest BCUT2D eigenvalue weighted by atomic mass is 9.51. The van der Waals surface area contributed by atoms with E-state index in [2.05, 4.69) is 0 Å². The van der Waals surface area contributed by atoms with Crippen LogP contribution < -0.4 is 0 Å². The molecule has 2 atom stereocenters. The van der Waals surface area contributed by atoms with E-state index in [-0.39, 0.29) is 24.7 Å². The first-order valence-electron chi connectivity index (χ1n) is 7.40. The molecule has 3 nitrogen and oxygen atoms in total. The van der Waals surface area contributed by atoms with E-state index in [9.17, 15) is 4.79 Å². The number of fused-ring (bicyclic) bond motifs is 1. The normalized spacial score (nSPS) is 35.9. The molecular weight excluding hydrogens is 245 g/mol. The molecule has 7 heteroatoms. The number of ether oxygens (including phenoxy) is 1. The average Bonchev–Trinajstić information content (AvgIpc) is 2.83. The highest BCUT2D eigenvalue weighted by atomic mass is 16.5. The number of hydrogen-bond acceptors (Lipinski definition) is 2. The van der Waals surface area contributed by atoms with E-state index in [1.165, 1.54) is 19.3 Å². The summed E-state index contributed by atoms with van der Waals surface area (Å²) in [5, 5.41) is -2.87. The predicted octanol–water partition coefficient (Wildman–Crippen LogP) is -0.347. The fourth-order valence-electron chi connectivity index (χ4n) is 4.13. The van der Waals surface area contributed by atoms with Crippen molar-refractivity contribution in [1.82, 2.24) is 4.90 Å². The Morgan fingerprint density at radius 1 is 1.00 bits per heavy atom. The molecule has 98 valence electrons. The van der Waals surface area contributed by atoms with E-state index < -0.39 is 10.8 Å². The first-order chi connectivity index (χ1) is 9.26. The van der Waals surface area contributed by atoms with Crippen LogP contribution in [-0.4, -0.2) is 66.1 Å². The van der Waals surface area contributed by atoms with Gasteiger partial charge in [-0.25, -0.2) is 0 Å². The standard InChI is InChI=1S/C13H17B4NO2/c14-12(15)4-10(5-13(16,17)20-12)11(19)18-6-8-2-1-3-9(8)7-18/h8-10H,1-7H2. The van der Waals surface area contributed by atoms with Gasteiger partial charge < -0.3 is 9.64 Å². The zero-order valence-corrected chi connectivity index (χ0v) is 11.8. The molecule has 0 aromatic carbocycles. The van der Waals surface area contributed by atoms with Gasteiger partial charge in [0.15, 0.2) is 0 Å². The van der Waals surface area contributed by atoms with Crippen LogP contribution in [0.25, 0.3) is 0 Å². The lowest BCUT2D eigenvalue weighted by Crippen LogP contribution is -2.56. The number of amides is 1. The minimum atomic E-state index is -1.43. The molecule has 1 saturated carbocycles. The van der Waals surface area contributed by atoms with E-state index in [4.69, 9.17) is 36.1 Å². The van der Waals surface area contributed by atoms with Gasteiger partial charge >= 0.3 is 0 Å². The summed E-state index contributed by atoms with van der Waals surface area (Å²) in [6.45, 7) is 1.70. The van der Waals surface area contributed by atoms with Crippen LogP contribution in [0, 0.1) is 17.8 Å². The van der Waals surface area contributed by atoms with Crippen molar-refractivity contribution in [2.75, 3.05) is 13.1 Å². The van der Waals surface area contributed by atoms with Gasteiger partial charge in [0.1, 0.15) is 0 Å². The molecular formula is C13H17B4NO2. The summed E-state index contributed by atoms with van der Waals surface area (Å²) in [6, 6.07) is 0. The van der Waals surface area contributed by atoms with E-state index in [0.29, 0.717) is 11.8 Å². The topological polar surface area (TPSA) is 29.5 Å². The third-order valence-electron chi connectivity index (χ3n) is 4.90. The van der Waals surface area contributed by atoms with E-state index in [0.717, 1.165) is 13.1 Å². The van der Waals surface area contributed by atoms with Gasteiger partial charge in [-0.15, -0.1) is 0 Å². The SMILES string of the molecule is [B]C1([B])CC(C(=O)N2CC3CCCC3C2)CC([B])([B])O1. The average molecular weight is 263 g/mol.